The minimum Gasteiger partial charge on any atom is -0.475 e. The molecule has 1 aromatic heterocycles. The molecule has 2 aromatic rings. The number of imidazole rings is 1. The summed E-state index contributed by atoms with van der Waals surface area (Å²) in [5.74, 6) is -2.80. The normalized spacial score (nSPS) is 18.3. The molecule has 11 heteroatoms. The van der Waals surface area contributed by atoms with E-state index in [1.54, 1.807) is 6.07 Å². The highest BCUT2D eigenvalue weighted by atomic mass is 19.4. The molecule has 2 saturated heterocycles. The predicted molar refractivity (Wildman–Crippen MR) is 110 cm³/mol. The molecule has 0 atom stereocenters. The lowest BCUT2D eigenvalue weighted by atomic mass is 9.77. The fraction of sp³-hybridized carbons (Fsp3) is 0.500. The van der Waals surface area contributed by atoms with Gasteiger partial charge in [0, 0.05) is 39.3 Å². The van der Waals surface area contributed by atoms with Gasteiger partial charge in [-0.15, -0.1) is 0 Å². The van der Waals surface area contributed by atoms with Crippen molar-refractivity contribution < 1.29 is 32.3 Å². The van der Waals surface area contributed by atoms with Crippen molar-refractivity contribution in [2.45, 2.75) is 38.5 Å². The molecule has 0 radical (unpaired) electrons. The van der Waals surface area contributed by atoms with Crippen molar-refractivity contribution in [3.63, 3.8) is 0 Å². The van der Waals surface area contributed by atoms with Crippen LogP contribution in [0.1, 0.15) is 30.5 Å². The Labute approximate surface area is 188 Å². The van der Waals surface area contributed by atoms with Gasteiger partial charge in [0.05, 0.1) is 12.0 Å². The summed E-state index contributed by atoms with van der Waals surface area (Å²) in [5, 5.41) is 7.12. The molecule has 1 amide bonds. The number of aryl methyl sites for hydroxylation is 1. The van der Waals surface area contributed by atoms with Crippen molar-refractivity contribution in [1.29, 1.82) is 0 Å². The van der Waals surface area contributed by atoms with Gasteiger partial charge in [-0.3, -0.25) is 9.69 Å². The van der Waals surface area contributed by atoms with Crippen molar-refractivity contribution in [2.24, 2.45) is 12.5 Å². The van der Waals surface area contributed by atoms with Crippen molar-refractivity contribution in [3.05, 3.63) is 53.9 Å². The van der Waals surface area contributed by atoms with E-state index >= 15 is 0 Å². The van der Waals surface area contributed by atoms with Crippen LogP contribution in [-0.2, 0) is 29.7 Å². The Kier molecular flexibility index (Phi) is 7.41. The molecule has 7 nitrogen and oxygen atoms in total. The van der Waals surface area contributed by atoms with Crippen LogP contribution in [0.15, 0.2) is 36.8 Å². The van der Waals surface area contributed by atoms with E-state index < -0.39 is 12.1 Å². The summed E-state index contributed by atoms with van der Waals surface area (Å²) in [6.07, 6.45) is 1.37. The lowest BCUT2D eigenvalue weighted by Crippen LogP contribution is -2.41. The highest BCUT2D eigenvalue weighted by Gasteiger charge is 2.44. The number of amides is 1. The summed E-state index contributed by atoms with van der Waals surface area (Å²) in [4.78, 5) is 30.0. The standard InChI is InChI=1S/C20H25FN4O.C2HF3O2/c1-23-15-22-11-18(23)13-24-7-5-20(6-8-24)10-19(26)25(14-20)12-16-3-2-4-17(21)9-16;3-2(4,5)1(6)7/h2-4,9,11,15H,5-8,10,12-14H2,1H3;(H,6,7). The van der Waals surface area contributed by atoms with Gasteiger partial charge in [0.15, 0.2) is 0 Å². The molecule has 0 bridgehead atoms. The second-order valence-corrected chi connectivity index (χ2v) is 8.63. The molecule has 1 aromatic carbocycles. The number of hydrogen-bond acceptors (Lipinski definition) is 4. The highest BCUT2D eigenvalue weighted by molar-refractivity contribution is 5.79. The number of alkyl halides is 3. The third-order valence-electron chi connectivity index (χ3n) is 6.13. The Hall–Kier alpha value is -2.95. The summed E-state index contributed by atoms with van der Waals surface area (Å²) >= 11 is 0. The molecule has 4 rings (SSSR count). The zero-order chi connectivity index (χ0) is 24.2. The molecule has 1 spiro atoms. The molecule has 1 N–H and O–H groups in total. The van der Waals surface area contributed by atoms with Gasteiger partial charge >= 0.3 is 12.1 Å². The van der Waals surface area contributed by atoms with E-state index in [1.807, 2.05) is 30.5 Å². The second-order valence-electron chi connectivity index (χ2n) is 8.63. The first kappa shape index (κ1) is 24.7. The van der Waals surface area contributed by atoms with Crippen molar-refractivity contribution >= 4 is 11.9 Å². The lowest BCUT2D eigenvalue weighted by molar-refractivity contribution is -0.192. The predicted octanol–water partition coefficient (Wildman–Crippen LogP) is 3.21. The molecule has 2 fully saturated rings. The minimum absolute atomic E-state index is 0.0906. The molecule has 0 aliphatic carbocycles. The smallest absolute Gasteiger partial charge is 0.475 e. The third-order valence-corrected chi connectivity index (χ3v) is 6.13. The van der Waals surface area contributed by atoms with Crippen molar-refractivity contribution in [1.82, 2.24) is 19.4 Å². The quantitative estimate of drug-likeness (QED) is 0.695. The number of piperidine rings is 1. The molecule has 2 aliphatic heterocycles. The number of likely N-dealkylation sites (tertiary alicyclic amines) is 2. The van der Waals surface area contributed by atoms with Crippen LogP contribution in [0.2, 0.25) is 0 Å². The largest absolute Gasteiger partial charge is 0.490 e. The Morgan fingerprint density at radius 1 is 1.21 bits per heavy atom. The maximum absolute atomic E-state index is 13.4. The number of halogens is 4. The van der Waals surface area contributed by atoms with E-state index in [1.165, 1.54) is 17.8 Å². The lowest BCUT2D eigenvalue weighted by Gasteiger charge is -2.38. The van der Waals surface area contributed by atoms with Gasteiger partial charge < -0.3 is 14.6 Å². The summed E-state index contributed by atoms with van der Waals surface area (Å²) in [7, 11) is 2.02. The number of rotatable bonds is 4. The number of nitrogens with zero attached hydrogens (tertiary/aromatic N) is 4. The van der Waals surface area contributed by atoms with Gasteiger partial charge in [-0.05, 0) is 49.0 Å². The molecule has 3 heterocycles. The average molecular weight is 470 g/mol. The van der Waals surface area contributed by atoms with Gasteiger partial charge in [0.2, 0.25) is 5.91 Å². The van der Waals surface area contributed by atoms with Crippen LogP contribution in [-0.4, -0.2) is 62.1 Å². The summed E-state index contributed by atoms with van der Waals surface area (Å²) < 4.78 is 47.2. The second kappa shape index (κ2) is 9.90. The SMILES string of the molecule is Cn1cncc1CN1CCC2(CC1)CC(=O)N(Cc1cccc(F)c1)C2.O=C(O)C(F)(F)F. The van der Waals surface area contributed by atoms with Crippen LogP contribution in [0.25, 0.3) is 0 Å². The van der Waals surface area contributed by atoms with Crippen LogP contribution < -0.4 is 0 Å². The number of carboxylic acids is 1. The van der Waals surface area contributed by atoms with Crippen LogP contribution in [0.5, 0.6) is 0 Å². The third kappa shape index (κ3) is 6.53. The van der Waals surface area contributed by atoms with Crippen LogP contribution in [0.4, 0.5) is 17.6 Å². The number of carboxylic acid groups (broad SMARTS) is 1. The highest BCUT2D eigenvalue weighted by Crippen LogP contribution is 2.41. The van der Waals surface area contributed by atoms with Gasteiger partial charge in [0.25, 0.3) is 0 Å². The number of hydrogen-bond donors (Lipinski definition) is 1. The summed E-state index contributed by atoms with van der Waals surface area (Å²) in [5.41, 5.74) is 2.17. The summed E-state index contributed by atoms with van der Waals surface area (Å²) in [6, 6.07) is 6.55. The van der Waals surface area contributed by atoms with Crippen LogP contribution >= 0.6 is 0 Å². The number of carbonyl (C=O) groups is 2. The van der Waals surface area contributed by atoms with E-state index in [4.69, 9.17) is 9.90 Å². The van der Waals surface area contributed by atoms with Gasteiger partial charge in [-0.1, -0.05) is 12.1 Å². The Morgan fingerprint density at radius 2 is 1.88 bits per heavy atom. The van der Waals surface area contributed by atoms with E-state index in [0.717, 1.165) is 44.6 Å². The fourth-order valence-electron chi connectivity index (χ4n) is 4.27. The van der Waals surface area contributed by atoms with Crippen molar-refractivity contribution in [3.8, 4) is 0 Å². The molecule has 0 unspecified atom stereocenters. The molecule has 2 aliphatic rings. The van der Waals surface area contributed by atoms with Gasteiger partial charge in [0.1, 0.15) is 5.82 Å². The number of aliphatic carboxylic acids is 1. The number of carbonyl (C=O) groups excluding carboxylic acids is 1. The van der Waals surface area contributed by atoms with E-state index in [-0.39, 0.29) is 17.1 Å². The maximum atomic E-state index is 13.4. The first-order chi connectivity index (χ1) is 15.5. The molecule has 0 saturated carbocycles. The minimum atomic E-state index is -5.08. The monoisotopic (exact) mass is 470 g/mol. The zero-order valence-electron chi connectivity index (χ0n) is 18.2. The first-order valence-electron chi connectivity index (χ1n) is 10.5. The van der Waals surface area contributed by atoms with Crippen LogP contribution in [0.3, 0.4) is 0 Å². The fourth-order valence-corrected chi connectivity index (χ4v) is 4.27. The van der Waals surface area contributed by atoms with Gasteiger partial charge in [-0.2, -0.15) is 13.2 Å². The molecular weight excluding hydrogens is 444 g/mol. The Morgan fingerprint density at radius 3 is 2.42 bits per heavy atom. The molecule has 33 heavy (non-hydrogen) atoms. The number of aromatic nitrogens is 2. The van der Waals surface area contributed by atoms with Gasteiger partial charge in [-0.25, -0.2) is 14.2 Å². The Balaban J connectivity index is 0.000000383. The van der Waals surface area contributed by atoms with E-state index in [9.17, 15) is 22.4 Å². The average Bonchev–Trinajstić information content (AvgIpc) is 3.26. The van der Waals surface area contributed by atoms with E-state index in [0.29, 0.717) is 13.0 Å². The number of benzene rings is 1. The zero-order valence-corrected chi connectivity index (χ0v) is 18.2. The van der Waals surface area contributed by atoms with E-state index in [2.05, 4.69) is 14.5 Å². The topological polar surface area (TPSA) is 78.7 Å². The van der Waals surface area contributed by atoms with Crippen molar-refractivity contribution in [2.75, 3.05) is 19.6 Å². The Bertz CT molecular complexity index is 984. The molecule has 180 valence electrons. The van der Waals surface area contributed by atoms with Crippen LogP contribution in [0, 0.1) is 11.2 Å². The summed E-state index contributed by atoms with van der Waals surface area (Å²) in [6.45, 7) is 4.23. The molecular formula is C22H26F4N4O3. The maximum Gasteiger partial charge on any atom is 0.490 e. The first-order valence-corrected chi connectivity index (χ1v) is 10.5.